The van der Waals surface area contributed by atoms with Gasteiger partial charge in [-0.1, -0.05) is 37.4 Å². The fourth-order valence-corrected chi connectivity index (χ4v) is 3.97. The molecular formula is C23H24N4O2. The zero-order valence-electron chi connectivity index (χ0n) is 16.8. The molecule has 0 radical (unpaired) electrons. The summed E-state index contributed by atoms with van der Waals surface area (Å²) in [6.45, 7) is 12.5. The molecule has 0 spiro atoms. The van der Waals surface area contributed by atoms with Gasteiger partial charge >= 0.3 is 11.4 Å². The number of rotatable bonds is 6. The first-order chi connectivity index (χ1) is 13.9. The van der Waals surface area contributed by atoms with E-state index in [4.69, 9.17) is 0 Å². The van der Waals surface area contributed by atoms with Crippen molar-refractivity contribution in [1.29, 1.82) is 0 Å². The van der Waals surface area contributed by atoms with Crippen molar-refractivity contribution in [1.82, 2.24) is 18.3 Å². The van der Waals surface area contributed by atoms with Crippen LogP contribution in [0.2, 0.25) is 0 Å². The van der Waals surface area contributed by atoms with Crippen molar-refractivity contribution in [3.05, 3.63) is 82.7 Å². The molecule has 0 saturated carbocycles. The lowest BCUT2D eigenvalue weighted by Gasteiger charge is -2.05. The average Bonchev–Trinajstić information content (AvgIpc) is 3.13. The second-order valence-electron chi connectivity index (χ2n) is 7.34. The van der Waals surface area contributed by atoms with Crippen LogP contribution in [0.25, 0.3) is 33.5 Å². The first-order valence-electron chi connectivity index (χ1n) is 9.64. The lowest BCUT2D eigenvalue weighted by atomic mass is 10.3. The van der Waals surface area contributed by atoms with Gasteiger partial charge in [0.1, 0.15) is 0 Å². The Bertz CT molecular complexity index is 1270. The lowest BCUT2D eigenvalue weighted by Crippen LogP contribution is -2.26. The van der Waals surface area contributed by atoms with Crippen molar-refractivity contribution >= 4 is 33.5 Å². The van der Waals surface area contributed by atoms with E-state index in [1.165, 1.54) is 0 Å². The fourth-order valence-electron chi connectivity index (χ4n) is 3.97. The van der Waals surface area contributed by atoms with Gasteiger partial charge in [0, 0.05) is 24.5 Å². The Labute approximate surface area is 168 Å². The lowest BCUT2D eigenvalue weighted by molar-refractivity contribution is 0.556. The van der Waals surface area contributed by atoms with Gasteiger partial charge in [0.05, 0.1) is 22.1 Å². The van der Waals surface area contributed by atoms with Crippen LogP contribution in [-0.4, -0.2) is 18.3 Å². The Hall–Kier alpha value is -3.54. The van der Waals surface area contributed by atoms with E-state index in [9.17, 15) is 9.59 Å². The molecule has 2 heterocycles. The predicted molar refractivity (Wildman–Crippen MR) is 119 cm³/mol. The maximum Gasteiger partial charge on any atom is 0.333 e. The predicted octanol–water partition coefficient (Wildman–Crippen LogP) is 3.99. The molecule has 2 aromatic carbocycles. The third-order valence-corrected chi connectivity index (χ3v) is 5.20. The summed E-state index contributed by atoms with van der Waals surface area (Å²) in [5, 5.41) is 0. The molecule has 0 amide bonds. The molecule has 0 aliphatic carbocycles. The number of aromatic nitrogens is 4. The SMILES string of the molecule is C=C(C)n1c(=O)n(CCCn2c(=O)n(C(=C)C)c3ccccc32)c2ccccc21. The molecule has 4 aromatic rings. The molecule has 6 nitrogen and oxygen atoms in total. The second kappa shape index (κ2) is 7.13. The first kappa shape index (κ1) is 18.8. The van der Waals surface area contributed by atoms with Gasteiger partial charge in [0.15, 0.2) is 0 Å². The standard InChI is InChI=1S/C23H24N4O2/c1-16(2)26-20-12-7-5-10-18(20)24(22(26)28)14-9-15-25-19-11-6-8-13-21(19)27(17(3)4)23(25)29/h5-8,10-13H,1,3,9,14-15H2,2,4H3. The summed E-state index contributed by atoms with van der Waals surface area (Å²) < 4.78 is 6.78. The van der Waals surface area contributed by atoms with Gasteiger partial charge in [-0.05, 0) is 44.5 Å². The molecule has 0 unspecified atom stereocenters. The highest BCUT2D eigenvalue weighted by Crippen LogP contribution is 2.18. The van der Waals surface area contributed by atoms with E-state index in [1.54, 1.807) is 18.3 Å². The van der Waals surface area contributed by atoms with Gasteiger partial charge in [-0.2, -0.15) is 0 Å². The minimum absolute atomic E-state index is 0.101. The molecule has 2 aromatic heterocycles. The summed E-state index contributed by atoms with van der Waals surface area (Å²) in [5.41, 5.74) is 4.61. The molecule has 0 aliphatic rings. The summed E-state index contributed by atoms with van der Waals surface area (Å²) in [4.78, 5) is 25.9. The summed E-state index contributed by atoms with van der Waals surface area (Å²) >= 11 is 0. The molecular weight excluding hydrogens is 364 g/mol. The zero-order valence-corrected chi connectivity index (χ0v) is 16.8. The van der Waals surface area contributed by atoms with Crippen LogP contribution in [0.3, 0.4) is 0 Å². The first-order valence-corrected chi connectivity index (χ1v) is 9.64. The number of para-hydroxylation sites is 4. The van der Waals surface area contributed by atoms with Gasteiger partial charge in [0.2, 0.25) is 0 Å². The number of allylic oxidation sites excluding steroid dienone is 2. The van der Waals surface area contributed by atoms with Gasteiger partial charge in [0.25, 0.3) is 0 Å². The van der Waals surface area contributed by atoms with E-state index in [2.05, 4.69) is 13.2 Å². The molecule has 29 heavy (non-hydrogen) atoms. The van der Waals surface area contributed by atoms with Crippen LogP contribution in [-0.2, 0) is 13.1 Å². The molecule has 4 rings (SSSR count). The van der Waals surface area contributed by atoms with Crippen LogP contribution >= 0.6 is 0 Å². The largest absolute Gasteiger partial charge is 0.333 e. The minimum Gasteiger partial charge on any atom is -0.292 e. The summed E-state index contributed by atoms with van der Waals surface area (Å²) in [7, 11) is 0. The number of hydrogen-bond acceptors (Lipinski definition) is 2. The summed E-state index contributed by atoms with van der Waals surface area (Å²) in [6, 6.07) is 15.4. The highest BCUT2D eigenvalue weighted by atomic mass is 16.2. The zero-order chi connectivity index (χ0) is 20.7. The highest BCUT2D eigenvalue weighted by molar-refractivity contribution is 5.80. The van der Waals surface area contributed by atoms with E-state index in [-0.39, 0.29) is 11.4 Å². The van der Waals surface area contributed by atoms with Crippen molar-refractivity contribution in [3.63, 3.8) is 0 Å². The van der Waals surface area contributed by atoms with Gasteiger partial charge in [-0.15, -0.1) is 0 Å². The molecule has 6 heteroatoms. The Balaban J connectivity index is 1.70. The molecule has 0 aliphatic heterocycles. The average molecular weight is 388 g/mol. The summed E-state index contributed by atoms with van der Waals surface area (Å²) in [6.07, 6.45) is 0.647. The third-order valence-electron chi connectivity index (χ3n) is 5.20. The van der Waals surface area contributed by atoms with Crippen LogP contribution < -0.4 is 11.4 Å². The second-order valence-corrected chi connectivity index (χ2v) is 7.34. The monoisotopic (exact) mass is 388 g/mol. The van der Waals surface area contributed by atoms with Gasteiger partial charge in [-0.25, -0.2) is 9.59 Å². The van der Waals surface area contributed by atoms with Crippen LogP contribution in [0.1, 0.15) is 20.3 Å². The van der Waals surface area contributed by atoms with Crippen LogP contribution in [0.4, 0.5) is 0 Å². The van der Waals surface area contributed by atoms with Crippen molar-refractivity contribution in [3.8, 4) is 0 Å². The number of fused-ring (bicyclic) bond motifs is 2. The van der Waals surface area contributed by atoms with Crippen LogP contribution in [0.15, 0.2) is 71.3 Å². The molecule has 0 saturated heterocycles. The Morgan fingerprint density at radius 2 is 1.03 bits per heavy atom. The molecule has 0 bridgehead atoms. The maximum atomic E-state index is 12.9. The quantitative estimate of drug-likeness (QED) is 0.501. The Kier molecular flexibility index (Phi) is 4.62. The van der Waals surface area contributed by atoms with Gasteiger partial charge < -0.3 is 0 Å². The molecule has 0 atom stereocenters. The Morgan fingerprint density at radius 3 is 1.38 bits per heavy atom. The fraction of sp³-hybridized carbons (Fsp3) is 0.217. The topological polar surface area (TPSA) is 53.9 Å². The van der Waals surface area contributed by atoms with Gasteiger partial charge in [-0.3, -0.25) is 18.3 Å². The van der Waals surface area contributed by atoms with E-state index < -0.39 is 0 Å². The normalized spacial score (nSPS) is 11.4. The smallest absolute Gasteiger partial charge is 0.292 e. The number of nitrogens with zero attached hydrogens (tertiary/aromatic N) is 4. The van der Waals surface area contributed by atoms with Crippen LogP contribution in [0.5, 0.6) is 0 Å². The number of hydrogen-bond donors (Lipinski definition) is 0. The molecule has 148 valence electrons. The maximum absolute atomic E-state index is 12.9. The van der Waals surface area contributed by atoms with Crippen molar-refractivity contribution in [2.75, 3.05) is 0 Å². The van der Waals surface area contributed by atoms with Crippen molar-refractivity contribution in [2.24, 2.45) is 0 Å². The highest BCUT2D eigenvalue weighted by Gasteiger charge is 2.15. The van der Waals surface area contributed by atoms with E-state index in [0.29, 0.717) is 30.9 Å². The van der Waals surface area contributed by atoms with E-state index in [1.807, 2.05) is 62.4 Å². The Morgan fingerprint density at radius 1 is 0.690 bits per heavy atom. The number of aryl methyl sites for hydroxylation is 2. The van der Waals surface area contributed by atoms with Crippen molar-refractivity contribution in [2.45, 2.75) is 33.4 Å². The minimum atomic E-state index is -0.101. The van der Waals surface area contributed by atoms with Crippen LogP contribution in [0, 0.1) is 0 Å². The van der Waals surface area contributed by atoms with E-state index in [0.717, 1.165) is 22.1 Å². The third kappa shape index (κ3) is 2.97. The molecule has 0 N–H and O–H groups in total. The molecule has 0 fully saturated rings. The number of imidazole rings is 2. The summed E-state index contributed by atoms with van der Waals surface area (Å²) in [5.74, 6) is 0. The number of benzene rings is 2. The van der Waals surface area contributed by atoms with Crippen molar-refractivity contribution < 1.29 is 0 Å². The van der Waals surface area contributed by atoms with E-state index >= 15 is 0 Å².